The van der Waals surface area contributed by atoms with E-state index in [0.717, 1.165) is 6.26 Å². The van der Waals surface area contributed by atoms with Crippen molar-refractivity contribution < 1.29 is 22.1 Å². The predicted octanol–water partition coefficient (Wildman–Crippen LogP) is -0.228. The van der Waals surface area contributed by atoms with Crippen LogP contribution in [0.4, 0.5) is 0 Å². The molecule has 0 aromatic rings. The van der Waals surface area contributed by atoms with Gasteiger partial charge < -0.3 is 4.74 Å². The molecule has 0 amide bonds. The molecule has 0 aliphatic rings. The van der Waals surface area contributed by atoms with Crippen molar-refractivity contribution in [3.8, 4) is 0 Å². The molecule has 0 rings (SSSR count). The van der Waals surface area contributed by atoms with Crippen LogP contribution in [0.25, 0.3) is 0 Å². The minimum Gasteiger partial charge on any atom is -0.469 e. The summed E-state index contributed by atoms with van der Waals surface area (Å²) in [6.07, 6.45) is 0.928. The molecule has 72 valence electrons. The lowest BCUT2D eigenvalue weighted by Crippen LogP contribution is -2.20. The van der Waals surface area contributed by atoms with Crippen molar-refractivity contribution in [3.05, 3.63) is 0 Å². The molecular formula is C6H12O5S. The van der Waals surface area contributed by atoms with Gasteiger partial charge in [-0.15, -0.1) is 0 Å². The van der Waals surface area contributed by atoms with E-state index in [1.165, 1.54) is 14.0 Å². The van der Waals surface area contributed by atoms with E-state index in [0.29, 0.717) is 0 Å². The molecular weight excluding hydrogens is 184 g/mol. The van der Waals surface area contributed by atoms with Gasteiger partial charge in [0.15, 0.2) is 0 Å². The van der Waals surface area contributed by atoms with Crippen molar-refractivity contribution in [2.24, 2.45) is 5.92 Å². The van der Waals surface area contributed by atoms with E-state index in [1.807, 2.05) is 0 Å². The number of carbonyl (C=O) groups is 1. The van der Waals surface area contributed by atoms with Gasteiger partial charge in [0.1, 0.15) is 0 Å². The fourth-order valence-electron chi connectivity index (χ4n) is 0.495. The van der Waals surface area contributed by atoms with Gasteiger partial charge >= 0.3 is 5.97 Å². The zero-order chi connectivity index (χ0) is 9.78. The first-order chi connectivity index (χ1) is 5.37. The third-order valence-electron chi connectivity index (χ3n) is 1.14. The summed E-state index contributed by atoms with van der Waals surface area (Å²) in [5.41, 5.74) is 0. The Morgan fingerprint density at radius 1 is 1.50 bits per heavy atom. The Bertz CT molecular complexity index is 243. The van der Waals surface area contributed by atoms with Gasteiger partial charge in [-0.3, -0.25) is 8.98 Å². The van der Waals surface area contributed by atoms with Gasteiger partial charge in [-0.1, -0.05) is 0 Å². The molecule has 0 N–H and O–H groups in total. The lowest BCUT2D eigenvalue weighted by Gasteiger charge is -2.07. The lowest BCUT2D eigenvalue weighted by atomic mass is 10.2. The molecule has 0 fully saturated rings. The Morgan fingerprint density at radius 2 is 2.00 bits per heavy atom. The second kappa shape index (κ2) is 4.42. The third kappa shape index (κ3) is 5.09. The summed E-state index contributed by atoms with van der Waals surface area (Å²) < 4.78 is 29.7. The number of esters is 1. The van der Waals surface area contributed by atoms with Crippen molar-refractivity contribution in [2.45, 2.75) is 6.92 Å². The minimum atomic E-state index is -3.47. The molecule has 1 unspecified atom stereocenters. The highest BCUT2D eigenvalue weighted by Gasteiger charge is 2.15. The molecule has 0 radical (unpaired) electrons. The molecule has 0 bridgehead atoms. The molecule has 12 heavy (non-hydrogen) atoms. The fraction of sp³-hybridized carbons (Fsp3) is 0.833. The average Bonchev–Trinajstić information content (AvgIpc) is 1.97. The van der Waals surface area contributed by atoms with Crippen molar-refractivity contribution in [2.75, 3.05) is 20.0 Å². The number of hydrogen-bond donors (Lipinski definition) is 0. The normalized spacial score (nSPS) is 13.9. The molecule has 0 spiro atoms. The maximum absolute atomic E-state index is 10.7. The molecule has 0 aliphatic heterocycles. The first-order valence-corrected chi connectivity index (χ1v) is 5.10. The number of carbonyl (C=O) groups excluding carboxylic acids is 1. The van der Waals surface area contributed by atoms with Crippen LogP contribution in [-0.4, -0.2) is 34.4 Å². The van der Waals surface area contributed by atoms with Gasteiger partial charge in [0.05, 0.1) is 25.9 Å². The Morgan fingerprint density at radius 3 is 2.33 bits per heavy atom. The van der Waals surface area contributed by atoms with Crippen LogP contribution in [0, 0.1) is 5.92 Å². The van der Waals surface area contributed by atoms with Gasteiger partial charge in [-0.2, -0.15) is 8.42 Å². The molecule has 6 heteroatoms. The quantitative estimate of drug-likeness (QED) is 0.459. The van der Waals surface area contributed by atoms with E-state index in [9.17, 15) is 13.2 Å². The lowest BCUT2D eigenvalue weighted by molar-refractivity contribution is -0.145. The van der Waals surface area contributed by atoms with Crippen LogP contribution in [-0.2, 0) is 23.8 Å². The molecule has 0 saturated carbocycles. The molecule has 0 heterocycles. The molecule has 0 aliphatic carbocycles. The predicted molar refractivity (Wildman–Crippen MR) is 42.0 cm³/mol. The van der Waals surface area contributed by atoms with Gasteiger partial charge in [-0.05, 0) is 6.92 Å². The second-order valence-electron chi connectivity index (χ2n) is 2.41. The fourth-order valence-corrected chi connectivity index (χ4v) is 0.946. The number of ether oxygens (including phenoxy) is 1. The SMILES string of the molecule is COC(=O)C(C)COS(C)(=O)=O. The largest absolute Gasteiger partial charge is 0.469 e. The van der Waals surface area contributed by atoms with E-state index in [-0.39, 0.29) is 6.61 Å². The van der Waals surface area contributed by atoms with E-state index in [1.54, 1.807) is 0 Å². The van der Waals surface area contributed by atoms with Crippen molar-refractivity contribution in [1.29, 1.82) is 0 Å². The molecule has 1 atom stereocenters. The zero-order valence-corrected chi connectivity index (χ0v) is 8.05. The Kier molecular flexibility index (Phi) is 4.19. The van der Waals surface area contributed by atoms with Crippen molar-refractivity contribution in [3.63, 3.8) is 0 Å². The van der Waals surface area contributed by atoms with Gasteiger partial charge in [0.25, 0.3) is 10.1 Å². The third-order valence-corrected chi connectivity index (χ3v) is 1.70. The Balaban J connectivity index is 3.88. The molecule has 0 aromatic heterocycles. The summed E-state index contributed by atoms with van der Waals surface area (Å²) >= 11 is 0. The van der Waals surface area contributed by atoms with Crippen molar-refractivity contribution >= 4 is 16.1 Å². The maximum Gasteiger partial charge on any atom is 0.310 e. The number of rotatable bonds is 4. The Hall–Kier alpha value is -0.620. The number of methoxy groups -OCH3 is 1. The van der Waals surface area contributed by atoms with E-state index >= 15 is 0 Å². The highest BCUT2D eigenvalue weighted by molar-refractivity contribution is 7.85. The molecule has 0 aromatic carbocycles. The molecule has 0 saturated heterocycles. The summed E-state index contributed by atoms with van der Waals surface area (Å²) in [5.74, 6) is -1.05. The van der Waals surface area contributed by atoms with Crippen LogP contribution in [0.2, 0.25) is 0 Å². The minimum absolute atomic E-state index is 0.175. The first-order valence-electron chi connectivity index (χ1n) is 3.29. The monoisotopic (exact) mass is 196 g/mol. The highest BCUT2D eigenvalue weighted by Crippen LogP contribution is 2.00. The van der Waals surface area contributed by atoms with E-state index in [4.69, 9.17) is 0 Å². The molecule has 5 nitrogen and oxygen atoms in total. The number of hydrogen-bond acceptors (Lipinski definition) is 5. The average molecular weight is 196 g/mol. The summed E-state index contributed by atoms with van der Waals surface area (Å²) in [5, 5.41) is 0. The Labute approximate surface area is 71.8 Å². The summed E-state index contributed by atoms with van der Waals surface area (Å²) in [6, 6.07) is 0. The van der Waals surface area contributed by atoms with Crippen LogP contribution in [0.15, 0.2) is 0 Å². The van der Waals surface area contributed by atoms with Crippen LogP contribution in [0.1, 0.15) is 6.92 Å². The second-order valence-corrected chi connectivity index (χ2v) is 4.06. The summed E-state index contributed by atoms with van der Waals surface area (Å²) in [4.78, 5) is 10.7. The topological polar surface area (TPSA) is 69.7 Å². The zero-order valence-electron chi connectivity index (χ0n) is 7.23. The maximum atomic E-state index is 10.7. The summed E-state index contributed by atoms with van der Waals surface area (Å²) in [7, 11) is -2.23. The van der Waals surface area contributed by atoms with Crippen molar-refractivity contribution in [1.82, 2.24) is 0 Å². The van der Waals surface area contributed by atoms with Crippen LogP contribution in [0.3, 0.4) is 0 Å². The van der Waals surface area contributed by atoms with Gasteiger partial charge in [-0.25, -0.2) is 0 Å². The highest BCUT2D eigenvalue weighted by atomic mass is 32.2. The van der Waals surface area contributed by atoms with Gasteiger partial charge in [0, 0.05) is 0 Å². The smallest absolute Gasteiger partial charge is 0.310 e. The van der Waals surface area contributed by atoms with Crippen LogP contribution >= 0.6 is 0 Å². The summed E-state index contributed by atoms with van der Waals surface area (Å²) in [6.45, 7) is 1.35. The van der Waals surface area contributed by atoms with Gasteiger partial charge in [0.2, 0.25) is 0 Å². The van der Waals surface area contributed by atoms with E-state index in [2.05, 4.69) is 8.92 Å². The first kappa shape index (κ1) is 11.4. The van der Waals surface area contributed by atoms with Crippen LogP contribution < -0.4 is 0 Å². The van der Waals surface area contributed by atoms with E-state index < -0.39 is 22.0 Å². The standard InChI is InChI=1S/C6H12O5S/c1-5(6(7)10-2)4-11-12(3,8)9/h5H,4H2,1-3H3. The van der Waals surface area contributed by atoms with Crippen LogP contribution in [0.5, 0.6) is 0 Å².